The molecule has 0 aliphatic carbocycles. The second kappa shape index (κ2) is 6.47. The van der Waals surface area contributed by atoms with Crippen molar-refractivity contribution >= 4 is 17.7 Å². The molecule has 20 heavy (non-hydrogen) atoms. The van der Waals surface area contributed by atoms with Gasteiger partial charge in [0.15, 0.2) is 5.16 Å². The van der Waals surface area contributed by atoms with Crippen LogP contribution < -0.4 is 4.74 Å². The number of ether oxygens (including phenoxy) is 1. The van der Waals surface area contributed by atoms with Crippen molar-refractivity contribution < 1.29 is 14.6 Å². The fourth-order valence-electron chi connectivity index (χ4n) is 1.81. The van der Waals surface area contributed by atoms with Gasteiger partial charge in [0.05, 0.1) is 23.7 Å². The van der Waals surface area contributed by atoms with E-state index in [9.17, 15) is 4.79 Å². The lowest BCUT2D eigenvalue weighted by Crippen LogP contribution is -2.03. The number of carboxylic acids is 1. The summed E-state index contributed by atoms with van der Waals surface area (Å²) in [5.41, 5.74) is 1.70. The highest BCUT2D eigenvalue weighted by Crippen LogP contribution is 2.28. The van der Waals surface area contributed by atoms with Crippen molar-refractivity contribution in [2.24, 2.45) is 0 Å². The smallest absolute Gasteiger partial charge is 0.313 e. The number of thioether (sulfide) groups is 1. The number of rotatable bonds is 6. The molecule has 0 amide bonds. The number of carboxylic acid groups (broad SMARTS) is 1. The number of carbonyl (C=O) groups is 1. The summed E-state index contributed by atoms with van der Waals surface area (Å²) in [6.45, 7) is 4.38. The van der Waals surface area contributed by atoms with Crippen molar-refractivity contribution in [1.82, 2.24) is 9.55 Å². The van der Waals surface area contributed by atoms with Crippen LogP contribution in [0.3, 0.4) is 0 Å². The van der Waals surface area contributed by atoms with E-state index in [1.54, 1.807) is 0 Å². The molecular weight excluding hydrogens is 276 g/mol. The Morgan fingerprint density at radius 1 is 1.45 bits per heavy atom. The number of para-hydroxylation sites is 2. The van der Waals surface area contributed by atoms with E-state index in [0.29, 0.717) is 11.8 Å². The minimum atomic E-state index is -0.861. The molecule has 0 saturated carbocycles. The fourth-order valence-corrected chi connectivity index (χ4v) is 2.56. The monoisotopic (exact) mass is 292 g/mol. The zero-order chi connectivity index (χ0) is 14.5. The molecular formula is C14H16N2O3S. The minimum Gasteiger partial charge on any atom is -0.492 e. The largest absolute Gasteiger partial charge is 0.492 e. The predicted octanol–water partition coefficient (Wildman–Crippen LogP) is 2.76. The number of hydrogen-bond acceptors (Lipinski definition) is 4. The third-order valence-electron chi connectivity index (χ3n) is 2.54. The van der Waals surface area contributed by atoms with Crippen LogP contribution >= 0.6 is 11.8 Å². The molecule has 1 N–H and O–H groups in total. The molecule has 1 aromatic heterocycles. The first-order valence-corrected chi connectivity index (χ1v) is 7.23. The van der Waals surface area contributed by atoms with E-state index < -0.39 is 5.97 Å². The van der Waals surface area contributed by atoms with Crippen LogP contribution in [0.1, 0.15) is 12.6 Å². The Hall–Kier alpha value is -1.95. The average Bonchev–Trinajstić information content (AvgIpc) is 2.78. The van der Waals surface area contributed by atoms with Gasteiger partial charge in [-0.25, -0.2) is 4.98 Å². The maximum Gasteiger partial charge on any atom is 0.313 e. The van der Waals surface area contributed by atoms with Crippen LogP contribution in [0, 0.1) is 6.92 Å². The fraction of sp³-hybridized carbons (Fsp3) is 0.286. The number of aliphatic carboxylic acids is 1. The maximum atomic E-state index is 10.7. The molecule has 0 saturated heterocycles. The first kappa shape index (κ1) is 14.5. The number of aromatic nitrogens is 2. The van der Waals surface area contributed by atoms with Crippen LogP contribution in [0.5, 0.6) is 5.75 Å². The van der Waals surface area contributed by atoms with E-state index in [2.05, 4.69) is 4.98 Å². The van der Waals surface area contributed by atoms with Crippen molar-refractivity contribution in [3.8, 4) is 11.4 Å². The average molecular weight is 292 g/mol. The van der Waals surface area contributed by atoms with E-state index in [1.165, 1.54) is 11.8 Å². The van der Waals surface area contributed by atoms with E-state index >= 15 is 0 Å². The Balaban J connectivity index is 2.39. The summed E-state index contributed by atoms with van der Waals surface area (Å²) in [6.07, 6.45) is 1.88. The number of nitrogens with zero attached hydrogens (tertiary/aromatic N) is 2. The van der Waals surface area contributed by atoms with Crippen molar-refractivity contribution in [2.75, 3.05) is 12.4 Å². The maximum absolute atomic E-state index is 10.7. The van der Waals surface area contributed by atoms with Gasteiger partial charge in [0.25, 0.3) is 0 Å². The summed E-state index contributed by atoms with van der Waals surface area (Å²) >= 11 is 1.19. The number of aryl methyl sites for hydroxylation is 1. The van der Waals surface area contributed by atoms with E-state index in [0.717, 1.165) is 17.1 Å². The summed E-state index contributed by atoms with van der Waals surface area (Å²) in [6, 6.07) is 7.64. The molecule has 1 heterocycles. The molecule has 0 fully saturated rings. The van der Waals surface area contributed by atoms with Gasteiger partial charge >= 0.3 is 5.97 Å². The highest BCUT2D eigenvalue weighted by molar-refractivity contribution is 7.99. The van der Waals surface area contributed by atoms with Gasteiger partial charge in [0, 0.05) is 6.20 Å². The Bertz CT molecular complexity index is 610. The molecule has 0 aliphatic heterocycles. The highest BCUT2D eigenvalue weighted by Gasteiger charge is 2.13. The van der Waals surface area contributed by atoms with Crippen LogP contribution in [0.2, 0.25) is 0 Å². The molecule has 0 radical (unpaired) electrons. The van der Waals surface area contributed by atoms with Crippen molar-refractivity contribution in [3.05, 3.63) is 36.2 Å². The van der Waals surface area contributed by atoms with Crippen molar-refractivity contribution in [2.45, 2.75) is 19.0 Å². The van der Waals surface area contributed by atoms with Crippen LogP contribution in [0.4, 0.5) is 0 Å². The van der Waals surface area contributed by atoms with E-state index in [4.69, 9.17) is 9.84 Å². The second-order valence-electron chi connectivity index (χ2n) is 4.12. The van der Waals surface area contributed by atoms with E-state index in [-0.39, 0.29) is 5.75 Å². The molecule has 2 aromatic rings. The standard InChI is InChI=1S/C14H16N2O3S/c1-3-19-12-7-5-4-6-11(12)16-8-10(2)15-14(16)20-9-13(17)18/h4-8H,3,9H2,1-2H3,(H,17,18). The Morgan fingerprint density at radius 2 is 2.20 bits per heavy atom. The lowest BCUT2D eigenvalue weighted by Gasteiger charge is -2.12. The van der Waals surface area contributed by atoms with Gasteiger partial charge in [-0.3, -0.25) is 9.36 Å². The van der Waals surface area contributed by atoms with Gasteiger partial charge in [-0.1, -0.05) is 23.9 Å². The lowest BCUT2D eigenvalue weighted by molar-refractivity contribution is -0.133. The Morgan fingerprint density at radius 3 is 2.90 bits per heavy atom. The normalized spacial score (nSPS) is 10.5. The molecule has 5 nitrogen and oxygen atoms in total. The Labute approximate surface area is 121 Å². The van der Waals surface area contributed by atoms with Gasteiger partial charge in [0.1, 0.15) is 5.75 Å². The van der Waals surface area contributed by atoms with E-state index in [1.807, 2.05) is 48.9 Å². The SMILES string of the molecule is CCOc1ccccc1-n1cc(C)nc1SCC(=O)O. The molecule has 0 aliphatic rings. The summed E-state index contributed by atoms with van der Waals surface area (Å²) < 4.78 is 7.48. The summed E-state index contributed by atoms with van der Waals surface area (Å²) in [5.74, 6) is -0.127. The van der Waals surface area contributed by atoms with Crippen LogP contribution in [-0.2, 0) is 4.79 Å². The first-order valence-electron chi connectivity index (χ1n) is 6.24. The molecule has 0 atom stereocenters. The molecule has 6 heteroatoms. The van der Waals surface area contributed by atoms with Gasteiger partial charge in [0.2, 0.25) is 0 Å². The first-order chi connectivity index (χ1) is 9.61. The zero-order valence-electron chi connectivity index (χ0n) is 11.4. The quantitative estimate of drug-likeness (QED) is 0.829. The second-order valence-corrected chi connectivity index (χ2v) is 5.06. The van der Waals surface area contributed by atoms with Gasteiger partial charge in [-0.05, 0) is 26.0 Å². The molecule has 0 spiro atoms. The third kappa shape index (κ3) is 3.33. The third-order valence-corrected chi connectivity index (χ3v) is 3.48. The summed E-state index contributed by atoms with van der Waals surface area (Å²) in [5, 5.41) is 9.45. The Kier molecular flexibility index (Phi) is 4.68. The van der Waals surface area contributed by atoms with Gasteiger partial charge < -0.3 is 9.84 Å². The minimum absolute atomic E-state index is 0.0206. The number of hydrogen-bond donors (Lipinski definition) is 1. The molecule has 106 valence electrons. The van der Waals surface area contributed by atoms with Crippen LogP contribution in [0.15, 0.2) is 35.6 Å². The molecule has 2 rings (SSSR count). The summed E-state index contributed by atoms with van der Waals surface area (Å²) in [4.78, 5) is 15.1. The topological polar surface area (TPSA) is 64.4 Å². The van der Waals surface area contributed by atoms with Crippen molar-refractivity contribution in [3.63, 3.8) is 0 Å². The predicted molar refractivity (Wildman–Crippen MR) is 77.8 cm³/mol. The molecule has 0 bridgehead atoms. The highest BCUT2D eigenvalue weighted by atomic mass is 32.2. The van der Waals surface area contributed by atoms with Crippen LogP contribution in [-0.4, -0.2) is 33.0 Å². The number of imidazole rings is 1. The lowest BCUT2D eigenvalue weighted by atomic mass is 10.3. The molecule has 1 aromatic carbocycles. The van der Waals surface area contributed by atoms with Gasteiger partial charge in [-0.2, -0.15) is 0 Å². The van der Waals surface area contributed by atoms with Gasteiger partial charge in [-0.15, -0.1) is 0 Å². The zero-order valence-corrected chi connectivity index (χ0v) is 12.2. The summed E-state index contributed by atoms with van der Waals surface area (Å²) in [7, 11) is 0. The number of benzene rings is 1. The van der Waals surface area contributed by atoms with Crippen LogP contribution in [0.25, 0.3) is 5.69 Å². The molecule has 0 unspecified atom stereocenters. The van der Waals surface area contributed by atoms with Crippen molar-refractivity contribution in [1.29, 1.82) is 0 Å².